The van der Waals surface area contributed by atoms with Crippen LogP contribution in [-0.4, -0.2) is 27.7 Å². The third kappa shape index (κ3) is 1.68. The van der Waals surface area contributed by atoms with Crippen molar-refractivity contribution in [1.29, 1.82) is 0 Å². The molecule has 90 valence electrons. The van der Waals surface area contributed by atoms with E-state index in [1.807, 2.05) is 10.7 Å². The predicted molar refractivity (Wildman–Crippen MR) is 68.3 cm³/mol. The van der Waals surface area contributed by atoms with Crippen molar-refractivity contribution in [3.8, 4) is 0 Å². The van der Waals surface area contributed by atoms with Crippen molar-refractivity contribution < 1.29 is 0 Å². The predicted octanol–water partition coefficient (Wildman–Crippen LogP) is 2.27. The quantitative estimate of drug-likeness (QED) is 0.811. The Morgan fingerprint density at radius 3 is 3.00 bits per heavy atom. The summed E-state index contributed by atoms with van der Waals surface area (Å²) in [7, 11) is 0. The number of aromatic nitrogens is 3. The minimum atomic E-state index is 0.852. The lowest BCUT2D eigenvalue weighted by molar-refractivity contribution is 0.378. The standard InChI is InChI=1S/C13H18N4/c1-3-4-11-7-16(8-11)13-12-10(2)5-6-17(12)15-9-14-13/h5-6,9,11H,3-4,7-8H2,1-2H3. The maximum atomic E-state index is 4.45. The van der Waals surface area contributed by atoms with Crippen molar-refractivity contribution in [2.24, 2.45) is 5.92 Å². The molecule has 2 aromatic rings. The number of nitrogens with zero attached hydrogens (tertiary/aromatic N) is 4. The van der Waals surface area contributed by atoms with Crippen LogP contribution in [0.25, 0.3) is 5.52 Å². The molecule has 1 aliphatic heterocycles. The highest BCUT2D eigenvalue weighted by molar-refractivity contribution is 5.73. The number of hydrogen-bond acceptors (Lipinski definition) is 3. The Morgan fingerprint density at radius 1 is 1.41 bits per heavy atom. The second-order valence-electron chi connectivity index (χ2n) is 4.94. The largest absolute Gasteiger partial charge is 0.354 e. The highest BCUT2D eigenvalue weighted by Crippen LogP contribution is 2.29. The van der Waals surface area contributed by atoms with Crippen LogP contribution in [0.5, 0.6) is 0 Å². The zero-order valence-corrected chi connectivity index (χ0v) is 10.4. The van der Waals surface area contributed by atoms with E-state index in [0.29, 0.717) is 0 Å². The van der Waals surface area contributed by atoms with Crippen molar-refractivity contribution in [2.75, 3.05) is 18.0 Å². The maximum absolute atomic E-state index is 4.45. The summed E-state index contributed by atoms with van der Waals surface area (Å²) in [5, 5.41) is 4.24. The minimum Gasteiger partial charge on any atom is -0.354 e. The fourth-order valence-electron chi connectivity index (χ4n) is 2.65. The van der Waals surface area contributed by atoms with Crippen molar-refractivity contribution >= 4 is 11.3 Å². The van der Waals surface area contributed by atoms with Crippen molar-refractivity contribution in [3.05, 3.63) is 24.2 Å². The molecule has 3 rings (SSSR count). The van der Waals surface area contributed by atoms with E-state index in [1.54, 1.807) is 6.33 Å². The minimum absolute atomic E-state index is 0.852. The third-order valence-corrected chi connectivity index (χ3v) is 3.59. The Kier molecular flexibility index (Phi) is 2.50. The summed E-state index contributed by atoms with van der Waals surface area (Å²) < 4.78 is 1.92. The van der Waals surface area contributed by atoms with Crippen LogP contribution >= 0.6 is 0 Å². The van der Waals surface area contributed by atoms with Gasteiger partial charge in [0.15, 0.2) is 5.82 Å². The molecular formula is C13H18N4. The van der Waals surface area contributed by atoms with Gasteiger partial charge in [-0.3, -0.25) is 0 Å². The van der Waals surface area contributed by atoms with E-state index in [-0.39, 0.29) is 0 Å². The molecular weight excluding hydrogens is 212 g/mol. The maximum Gasteiger partial charge on any atom is 0.156 e. The van der Waals surface area contributed by atoms with E-state index in [2.05, 4.69) is 34.9 Å². The molecule has 0 spiro atoms. The molecule has 0 bridgehead atoms. The molecule has 0 aliphatic carbocycles. The lowest BCUT2D eigenvalue weighted by Gasteiger charge is -2.40. The van der Waals surface area contributed by atoms with Gasteiger partial charge in [-0.05, 0) is 30.9 Å². The summed E-state index contributed by atoms with van der Waals surface area (Å²) in [6, 6.07) is 2.09. The van der Waals surface area contributed by atoms with Gasteiger partial charge >= 0.3 is 0 Å². The van der Waals surface area contributed by atoms with Gasteiger partial charge in [0.2, 0.25) is 0 Å². The lowest BCUT2D eigenvalue weighted by atomic mass is 9.95. The fourth-order valence-corrected chi connectivity index (χ4v) is 2.65. The van der Waals surface area contributed by atoms with Gasteiger partial charge in [0.05, 0.1) is 0 Å². The number of fused-ring (bicyclic) bond motifs is 1. The van der Waals surface area contributed by atoms with Crippen molar-refractivity contribution in [3.63, 3.8) is 0 Å². The first kappa shape index (κ1) is 10.6. The zero-order valence-electron chi connectivity index (χ0n) is 10.4. The summed E-state index contributed by atoms with van der Waals surface area (Å²) in [5.41, 5.74) is 2.40. The van der Waals surface area contributed by atoms with E-state index >= 15 is 0 Å². The fraction of sp³-hybridized carbons (Fsp3) is 0.538. The summed E-state index contributed by atoms with van der Waals surface area (Å²) >= 11 is 0. The molecule has 0 atom stereocenters. The Labute approximate surface area is 101 Å². The van der Waals surface area contributed by atoms with Crippen LogP contribution in [0, 0.1) is 12.8 Å². The smallest absolute Gasteiger partial charge is 0.156 e. The molecule has 1 aliphatic rings. The Bertz CT molecular complexity index is 525. The van der Waals surface area contributed by atoms with Crippen molar-refractivity contribution in [2.45, 2.75) is 26.7 Å². The molecule has 1 fully saturated rings. The molecule has 3 heterocycles. The Balaban J connectivity index is 1.89. The number of aryl methyl sites for hydroxylation is 1. The molecule has 4 heteroatoms. The summed E-state index contributed by atoms with van der Waals surface area (Å²) in [6.45, 7) is 6.66. The molecule has 17 heavy (non-hydrogen) atoms. The summed E-state index contributed by atoms with van der Waals surface area (Å²) in [4.78, 5) is 6.82. The highest BCUT2D eigenvalue weighted by Gasteiger charge is 2.28. The SMILES string of the molecule is CCCC1CN(c2ncnn3ccc(C)c23)C1. The molecule has 4 nitrogen and oxygen atoms in total. The second kappa shape index (κ2) is 4.02. The monoisotopic (exact) mass is 230 g/mol. The molecule has 0 aromatic carbocycles. The molecule has 0 radical (unpaired) electrons. The van der Waals surface area contributed by atoms with Crippen LogP contribution in [0.2, 0.25) is 0 Å². The van der Waals surface area contributed by atoms with Gasteiger partial charge in [-0.2, -0.15) is 5.10 Å². The van der Waals surface area contributed by atoms with Crippen LogP contribution in [0.4, 0.5) is 5.82 Å². The molecule has 1 saturated heterocycles. The van der Waals surface area contributed by atoms with Crippen molar-refractivity contribution in [1.82, 2.24) is 14.6 Å². The van der Waals surface area contributed by atoms with Crippen LogP contribution < -0.4 is 4.90 Å². The summed E-state index contributed by atoms with van der Waals surface area (Å²) in [6.07, 6.45) is 6.26. The van der Waals surface area contributed by atoms with Crippen LogP contribution in [-0.2, 0) is 0 Å². The average Bonchev–Trinajstić information content (AvgIpc) is 2.66. The molecule has 2 aromatic heterocycles. The molecule has 0 amide bonds. The zero-order chi connectivity index (χ0) is 11.8. The van der Waals surface area contributed by atoms with E-state index in [4.69, 9.17) is 0 Å². The first-order valence-corrected chi connectivity index (χ1v) is 6.33. The topological polar surface area (TPSA) is 33.4 Å². The highest BCUT2D eigenvalue weighted by atomic mass is 15.3. The van der Waals surface area contributed by atoms with Crippen LogP contribution in [0.15, 0.2) is 18.6 Å². The normalized spacial score (nSPS) is 16.5. The molecule has 0 N–H and O–H groups in total. The number of rotatable bonds is 3. The molecule has 0 unspecified atom stereocenters. The number of anilines is 1. The Hall–Kier alpha value is -1.58. The van der Waals surface area contributed by atoms with E-state index in [0.717, 1.165) is 30.3 Å². The van der Waals surface area contributed by atoms with Crippen LogP contribution in [0.3, 0.4) is 0 Å². The first-order chi connectivity index (χ1) is 8.29. The van der Waals surface area contributed by atoms with Gasteiger partial charge in [-0.25, -0.2) is 9.50 Å². The van der Waals surface area contributed by atoms with Gasteiger partial charge in [-0.1, -0.05) is 13.3 Å². The van der Waals surface area contributed by atoms with Gasteiger partial charge in [-0.15, -0.1) is 0 Å². The third-order valence-electron chi connectivity index (χ3n) is 3.59. The lowest BCUT2D eigenvalue weighted by Crippen LogP contribution is -2.47. The van der Waals surface area contributed by atoms with E-state index in [9.17, 15) is 0 Å². The van der Waals surface area contributed by atoms with Gasteiger partial charge < -0.3 is 4.90 Å². The van der Waals surface area contributed by atoms with E-state index in [1.165, 1.54) is 18.4 Å². The Morgan fingerprint density at radius 2 is 2.24 bits per heavy atom. The first-order valence-electron chi connectivity index (χ1n) is 6.33. The van der Waals surface area contributed by atoms with Gasteiger partial charge in [0.1, 0.15) is 11.8 Å². The second-order valence-corrected chi connectivity index (χ2v) is 4.94. The average molecular weight is 230 g/mol. The summed E-state index contributed by atoms with van der Waals surface area (Å²) in [5.74, 6) is 1.94. The number of hydrogen-bond donors (Lipinski definition) is 0. The van der Waals surface area contributed by atoms with Gasteiger partial charge in [0.25, 0.3) is 0 Å². The molecule has 0 saturated carbocycles. The van der Waals surface area contributed by atoms with Gasteiger partial charge in [0, 0.05) is 19.3 Å². The van der Waals surface area contributed by atoms with E-state index < -0.39 is 0 Å². The van der Waals surface area contributed by atoms with Crippen LogP contribution in [0.1, 0.15) is 25.3 Å².